The van der Waals surface area contributed by atoms with Gasteiger partial charge in [-0.3, -0.25) is 29.2 Å². The first kappa shape index (κ1) is 40.0. The van der Waals surface area contributed by atoms with Crippen LogP contribution in [0.1, 0.15) is 90.2 Å². The van der Waals surface area contributed by atoms with Crippen molar-refractivity contribution >= 4 is 57.5 Å². The number of hydrogen-bond donors (Lipinski definition) is 4. The number of piperidine rings is 4. The molecule has 5 N–H and O–H groups in total. The normalized spacial score (nSPS) is 20.2. The number of hydrogen-bond acceptors (Lipinski definition) is 11. The third-order valence-corrected chi connectivity index (χ3v) is 12.0. The van der Waals surface area contributed by atoms with Crippen molar-refractivity contribution in [3.05, 3.63) is 65.6 Å². The second kappa shape index (κ2) is 16.8. The predicted molar refractivity (Wildman–Crippen MR) is 215 cm³/mol. The first-order chi connectivity index (χ1) is 28.4. The Morgan fingerprint density at radius 2 is 1.64 bits per heavy atom. The van der Waals surface area contributed by atoms with E-state index in [9.17, 15) is 32.3 Å². The van der Waals surface area contributed by atoms with Crippen LogP contribution >= 0.6 is 0 Å². The van der Waals surface area contributed by atoms with Gasteiger partial charge in [0.15, 0.2) is 0 Å². The van der Waals surface area contributed by atoms with E-state index in [4.69, 9.17) is 10.8 Å². The number of carbonyl (C=O) groups excluding carboxylic acids is 4. The molecule has 8 rings (SSSR count). The Morgan fingerprint density at radius 3 is 2.36 bits per heavy atom. The number of imide groups is 1. The lowest BCUT2D eigenvalue weighted by molar-refractivity contribution is -0.138. The number of benzene rings is 2. The van der Waals surface area contributed by atoms with E-state index in [0.29, 0.717) is 30.4 Å². The minimum absolute atomic E-state index is 0.00565. The zero-order valence-electron chi connectivity index (χ0n) is 32.6. The highest BCUT2D eigenvalue weighted by Gasteiger charge is 2.38. The van der Waals surface area contributed by atoms with Crippen LogP contribution in [0, 0.1) is 5.92 Å². The van der Waals surface area contributed by atoms with E-state index in [1.54, 1.807) is 0 Å². The average molecular weight is 816 g/mol. The summed E-state index contributed by atoms with van der Waals surface area (Å²) in [7, 11) is 0. The Labute approximate surface area is 338 Å². The summed E-state index contributed by atoms with van der Waals surface area (Å²) in [5, 5.41) is 13.5. The summed E-state index contributed by atoms with van der Waals surface area (Å²) in [4.78, 5) is 64.4. The van der Waals surface area contributed by atoms with Gasteiger partial charge in [0, 0.05) is 75.7 Å². The summed E-state index contributed by atoms with van der Waals surface area (Å²) < 4.78 is 44.7. The van der Waals surface area contributed by atoms with Gasteiger partial charge in [0.1, 0.15) is 11.7 Å². The molecule has 1 atom stereocenters. The van der Waals surface area contributed by atoms with Crippen LogP contribution < -0.4 is 31.5 Å². The maximum absolute atomic E-state index is 14.2. The Hall–Kier alpha value is -5.78. The largest absolute Gasteiger partial charge is 0.417 e. The molecule has 0 spiro atoms. The van der Waals surface area contributed by atoms with Gasteiger partial charge >= 0.3 is 6.18 Å². The highest BCUT2D eigenvalue weighted by molar-refractivity contribution is 6.07. The van der Waals surface area contributed by atoms with Crippen LogP contribution in [0.5, 0.6) is 0 Å². The van der Waals surface area contributed by atoms with Gasteiger partial charge in [-0.2, -0.15) is 18.3 Å². The van der Waals surface area contributed by atoms with E-state index >= 15 is 0 Å². The van der Waals surface area contributed by atoms with Crippen LogP contribution in [0.2, 0.25) is 0 Å². The van der Waals surface area contributed by atoms with E-state index in [-0.39, 0.29) is 36.4 Å². The standard InChI is InChI=1S/C41H48F3N11O4/c42-41(43,44)30-21-28(4-5-29(30)37(57)47-31-6-7-36(56)50-39(31)59)53-18-9-25(10-19-53)23-52-16-11-27(12-17-52)55-24-26-20-34(48-38(58)32-8-13-46-40(45)49-32)35(22-33(26)51-55)54-14-2-1-3-15-54/h4-5,8,13,20-22,24-25,27,31H,1-3,6-7,9-12,14-19,23H2,(H,47,57)(H,48,58)(H2,45,46,49)(H,50,56,59)/t31-/m0/s1. The van der Waals surface area contributed by atoms with Crippen molar-refractivity contribution in [2.45, 2.75) is 76.0 Å². The number of rotatable bonds is 9. The summed E-state index contributed by atoms with van der Waals surface area (Å²) in [5.41, 5.74) is 7.22. The zero-order valence-corrected chi connectivity index (χ0v) is 32.6. The third-order valence-electron chi connectivity index (χ3n) is 12.0. The number of amides is 4. The summed E-state index contributed by atoms with van der Waals surface area (Å²) in [6.07, 6.45) is 5.59. The molecular weight excluding hydrogens is 768 g/mol. The molecule has 0 radical (unpaired) electrons. The Morgan fingerprint density at radius 1 is 0.881 bits per heavy atom. The van der Waals surface area contributed by atoms with E-state index < -0.39 is 41.1 Å². The number of nitrogen functional groups attached to an aromatic ring is 1. The van der Waals surface area contributed by atoms with Crippen LogP contribution in [-0.2, 0) is 15.8 Å². The van der Waals surface area contributed by atoms with Gasteiger partial charge in [0.05, 0.1) is 34.1 Å². The number of likely N-dealkylation sites (tertiary alicyclic amines) is 1. The van der Waals surface area contributed by atoms with E-state index in [1.165, 1.54) is 30.8 Å². The molecule has 0 unspecified atom stereocenters. The second-order valence-electron chi connectivity index (χ2n) is 16.0. The predicted octanol–water partition coefficient (Wildman–Crippen LogP) is 4.76. The van der Waals surface area contributed by atoms with E-state index in [0.717, 1.165) is 93.9 Å². The Bertz CT molecular complexity index is 2230. The molecule has 4 aliphatic rings. The molecule has 4 fully saturated rings. The number of fused-ring (bicyclic) bond motifs is 1. The Balaban J connectivity index is 0.868. The van der Waals surface area contributed by atoms with E-state index in [2.05, 4.69) is 52.7 Å². The molecular formula is C41H48F3N11O4. The Kier molecular flexibility index (Phi) is 11.4. The number of aromatic nitrogens is 4. The molecule has 18 heteroatoms. The number of nitrogens with zero attached hydrogens (tertiary/aromatic N) is 7. The van der Waals surface area contributed by atoms with Crippen LogP contribution in [0.25, 0.3) is 10.9 Å². The first-order valence-corrected chi connectivity index (χ1v) is 20.4. The van der Waals surface area contributed by atoms with Crippen molar-refractivity contribution in [1.82, 2.24) is 35.3 Å². The summed E-state index contributed by atoms with van der Waals surface area (Å²) in [5.74, 6) is -2.15. The molecule has 312 valence electrons. The maximum Gasteiger partial charge on any atom is 0.417 e. The summed E-state index contributed by atoms with van der Waals surface area (Å²) in [6, 6.07) is 8.45. The lowest BCUT2D eigenvalue weighted by Crippen LogP contribution is -2.52. The average Bonchev–Trinajstić information content (AvgIpc) is 3.65. The SMILES string of the molecule is Nc1nccc(C(=O)Nc2cc3cn(C4CCN(CC5CCN(c6ccc(C(=O)N[C@H]7CCC(=O)NC7=O)c(C(F)(F)F)c6)CC5)CC4)nc3cc2N2CCCCC2)n1. The molecule has 4 saturated heterocycles. The number of carbonyl (C=O) groups is 4. The molecule has 0 bridgehead atoms. The van der Waals surface area contributed by atoms with Crippen LogP contribution in [0.15, 0.2) is 48.8 Å². The lowest BCUT2D eigenvalue weighted by atomic mass is 9.94. The molecule has 4 aliphatic heterocycles. The quantitative estimate of drug-likeness (QED) is 0.171. The van der Waals surface area contributed by atoms with Gasteiger partial charge in [-0.05, 0) is 93.7 Å². The molecule has 0 aliphatic carbocycles. The van der Waals surface area contributed by atoms with Crippen LogP contribution in [-0.4, -0.2) is 100 Å². The monoisotopic (exact) mass is 815 g/mol. The fourth-order valence-corrected chi connectivity index (χ4v) is 8.78. The van der Waals surface area contributed by atoms with Gasteiger partial charge in [-0.15, -0.1) is 0 Å². The van der Waals surface area contributed by atoms with E-state index in [1.807, 2.05) is 11.0 Å². The fraction of sp³-hybridized carbons (Fsp3) is 0.488. The highest BCUT2D eigenvalue weighted by Crippen LogP contribution is 2.37. The first-order valence-electron chi connectivity index (χ1n) is 20.4. The minimum Gasteiger partial charge on any atom is -0.372 e. The van der Waals surface area contributed by atoms with Crippen molar-refractivity contribution in [2.75, 3.05) is 66.7 Å². The second-order valence-corrected chi connectivity index (χ2v) is 16.0. The number of halogens is 3. The molecule has 2 aromatic heterocycles. The molecule has 6 heterocycles. The van der Waals surface area contributed by atoms with Crippen molar-refractivity contribution in [3.63, 3.8) is 0 Å². The van der Waals surface area contributed by atoms with Crippen molar-refractivity contribution < 1.29 is 32.3 Å². The highest BCUT2D eigenvalue weighted by atomic mass is 19.4. The number of nitrogens with two attached hydrogens (primary N) is 1. The topological polar surface area (TPSA) is 184 Å². The number of alkyl halides is 3. The molecule has 4 aromatic rings. The number of anilines is 4. The van der Waals surface area contributed by atoms with Crippen LogP contribution in [0.4, 0.5) is 36.2 Å². The van der Waals surface area contributed by atoms with Crippen molar-refractivity contribution in [2.24, 2.45) is 5.92 Å². The maximum atomic E-state index is 14.2. The summed E-state index contributed by atoms with van der Waals surface area (Å²) >= 11 is 0. The van der Waals surface area contributed by atoms with Crippen LogP contribution in [0.3, 0.4) is 0 Å². The lowest BCUT2D eigenvalue weighted by Gasteiger charge is -2.38. The molecule has 4 amide bonds. The van der Waals surface area contributed by atoms with Gasteiger partial charge < -0.3 is 31.1 Å². The third kappa shape index (κ3) is 9.11. The van der Waals surface area contributed by atoms with Gasteiger partial charge in [-0.1, -0.05) is 0 Å². The van der Waals surface area contributed by atoms with Gasteiger partial charge in [0.25, 0.3) is 11.8 Å². The molecule has 15 nitrogen and oxygen atoms in total. The number of nitrogens with one attached hydrogen (secondary N) is 3. The summed E-state index contributed by atoms with van der Waals surface area (Å²) in [6.45, 7) is 5.70. The fourth-order valence-electron chi connectivity index (χ4n) is 8.78. The molecule has 2 aromatic carbocycles. The zero-order chi connectivity index (χ0) is 41.3. The van der Waals surface area contributed by atoms with Crippen molar-refractivity contribution in [3.8, 4) is 0 Å². The molecule has 59 heavy (non-hydrogen) atoms. The van der Waals surface area contributed by atoms with Crippen molar-refractivity contribution in [1.29, 1.82) is 0 Å². The van der Waals surface area contributed by atoms with Gasteiger partial charge in [0.2, 0.25) is 17.8 Å². The smallest absolute Gasteiger partial charge is 0.372 e. The van der Waals surface area contributed by atoms with Gasteiger partial charge in [-0.25, -0.2) is 9.97 Å². The minimum atomic E-state index is -4.79. The molecule has 0 saturated carbocycles.